The number of rotatable bonds is 6. The summed E-state index contributed by atoms with van der Waals surface area (Å²) in [5.41, 5.74) is 7.40. The molecule has 1 atom stereocenters. The van der Waals surface area contributed by atoms with Gasteiger partial charge in [-0.3, -0.25) is 4.79 Å². The molecule has 1 amide bonds. The lowest BCUT2D eigenvalue weighted by atomic mass is 9.92. The van der Waals surface area contributed by atoms with Crippen molar-refractivity contribution in [3.63, 3.8) is 0 Å². The lowest BCUT2D eigenvalue weighted by Gasteiger charge is -2.14. The predicted octanol–water partition coefficient (Wildman–Crippen LogP) is 2.94. The molecule has 0 aromatic heterocycles. The van der Waals surface area contributed by atoms with Gasteiger partial charge in [0.25, 0.3) is 0 Å². The summed E-state index contributed by atoms with van der Waals surface area (Å²) in [4.78, 5) is 11.7. The fraction of sp³-hybridized carbons (Fsp3) is 0.235. The highest BCUT2D eigenvalue weighted by Crippen LogP contribution is 2.28. The van der Waals surface area contributed by atoms with Gasteiger partial charge < -0.3 is 15.6 Å². The first-order chi connectivity index (χ1) is 10.5. The lowest BCUT2D eigenvalue weighted by Crippen LogP contribution is -2.27. The van der Waals surface area contributed by atoms with E-state index < -0.39 is 0 Å². The van der Waals surface area contributed by atoms with Crippen LogP contribution in [-0.4, -0.2) is 18.1 Å². The first-order valence-corrected chi connectivity index (χ1v) is 7.27. The van der Waals surface area contributed by atoms with Crippen LogP contribution < -0.4 is 10.5 Å². The van der Waals surface area contributed by atoms with E-state index in [1.165, 1.54) is 7.11 Å². The number of nitrogens with two attached hydrogens (primary N) is 1. The van der Waals surface area contributed by atoms with Crippen molar-refractivity contribution in [3.05, 3.63) is 58.6 Å². The van der Waals surface area contributed by atoms with E-state index in [1.54, 1.807) is 30.3 Å². The third-order valence-electron chi connectivity index (χ3n) is 3.52. The Labute approximate surface area is 134 Å². The average Bonchev–Trinajstić information content (AvgIpc) is 2.50. The Morgan fingerprint density at radius 2 is 1.77 bits per heavy atom. The molecule has 2 aromatic carbocycles. The smallest absolute Gasteiger partial charge is 0.221 e. The maximum atomic E-state index is 11.7. The Kier molecular flexibility index (Phi) is 5.28. The molecule has 1 unspecified atom stereocenters. The number of hydrogen-bond donors (Lipinski definition) is 2. The molecule has 0 saturated heterocycles. The van der Waals surface area contributed by atoms with Crippen molar-refractivity contribution in [1.82, 2.24) is 0 Å². The van der Waals surface area contributed by atoms with Crippen LogP contribution in [0, 0.1) is 5.92 Å². The van der Waals surface area contributed by atoms with E-state index >= 15 is 0 Å². The Balaban J connectivity index is 2.15. The minimum Gasteiger partial charge on any atom is -0.504 e. The number of ether oxygens (including phenoxy) is 1. The van der Waals surface area contributed by atoms with Gasteiger partial charge in [-0.1, -0.05) is 29.8 Å². The number of aromatic hydroxyl groups is 1. The number of methoxy groups -OCH3 is 1. The van der Waals surface area contributed by atoms with Gasteiger partial charge in [0.2, 0.25) is 5.91 Å². The minimum absolute atomic E-state index is 0.0691. The molecule has 0 aliphatic carbocycles. The van der Waals surface area contributed by atoms with Crippen molar-refractivity contribution in [2.45, 2.75) is 12.8 Å². The Morgan fingerprint density at radius 3 is 2.36 bits per heavy atom. The molecule has 22 heavy (non-hydrogen) atoms. The summed E-state index contributed by atoms with van der Waals surface area (Å²) < 4.78 is 5.08. The summed E-state index contributed by atoms with van der Waals surface area (Å²) in [7, 11) is 1.48. The van der Waals surface area contributed by atoms with Crippen molar-refractivity contribution in [2.75, 3.05) is 7.11 Å². The third kappa shape index (κ3) is 4.15. The largest absolute Gasteiger partial charge is 0.504 e. The van der Waals surface area contributed by atoms with E-state index in [1.807, 2.05) is 12.1 Å². The molecule has 0 aliphatic rings. The van der Waals surface area contributed by atoms with Gasteiger partial charge in [-0.25, -0.2) is 0 Å². The minimum atomic E-state index is -0.359. The predicted molar refractivity (Wildman–Crippen MR) is 86.2 cm³/mol. The second kappa shape index (κ2) is 7.18. The molecule has 3 N–H and O–H groups in total. The zero-order valence-electron chi connectivity index (χ0n) is 12.3. The number of carbonyl (C=O) groups is 1. The molecule has 0 heterocycles. The maximum Gasteiger partial charge on any atom is 0.221 e. The Hall–Kier alpha value is -2.20. The van der Waals surface area contributed by atoms with Crippen molar-refractivity contribution in [1.29, 1.82) is 0 Å². The van der Waals surface area contributed by atoms with Gasteiger partial charge in [-0.05, 0) is 48.2 Å². The van der Waals surface area contributed by atoms with Crippen LogP contribution in [0.4, 0.5) is 0 Å². The summed E-state index contributed by atoms with van der Waals surface area (Å²) in [6, 6.07) is 12.4. The molecule has 0 spiro atoms. The zero-order chi connectivity index (χ0) is 16.1. The summed E-state index contributed by atoms with van der Waals surface area (Å²) >= 11 is 5.86. The molecule has 2 rings (SSSR count). The van der Waals surface area contributed by atoms with Gasteiger partial charge in [0.15, 0.2) is 11.5 Å². The quantitative estimate of drug-likeness (QED) is 0.859. The topological polar surface area (TPSA) is 72.5 Å². The molecule has 2 aromatic rings. The van der Waals surface area contributed by atoms with E-state index in [2.05, 4.69) is 0 Å². The number of amides is 1. The summed E-state index contributed by atoms with van der Waals surface area (Å²) in [5, 5.41) is 10.3. The van der Waals surface area contributed by atoms with E-state index in [4.69, 9.17) is 22.1 Å². The van der Waals surface area contributed by atoms with Gasteiger partial charge in [0, 0.05) is 10.9 Å². The summed E-state index contributed by atoms with van der Waals surface area (Å²) in [6.45, 7) is 0. The van der Waals surface area contributed by atoms with Crippen LogP contribution in [0.2, 0.25) is 5.02 Å². The van der Waals surface area contributed by atoms with Gasteiger partial charge in [0.1, 0.15) is 0 Å². The Morgan fingerprint density at radius 1 is 1.18 bits per heavy atom. The zero-order valence-corrected chi connectivity index (χ0v) is 13.0. The van der Waals surface area contributed by atoms with Crippen molar-refractivity contribution < 1.29 is 14.6 Å². The van der Waals surface area contributed by atoms with Crippen LogP contribution >= 0.6 is 11.6 Å². The molecule has 4 nitrogen and oxygen atoms in total. The number of benzene rings is 2. The van der Waals surface area contributed by atoms with E-state index in [9.17, 15) is 9.90 Å². The number of phenols is 1. The molecule has 116 valence electrons. The molecule has 0 radical (unpaired) electrons. The highest BCUT2D eigenvalue weighted by atomic mass is 35.5. The number of carbonyl (C=O) groups excluding carboxylic acids is 1. The number of hydrogen-bond acceptors (Lipinski definition) is 3. The molecular weight excluding hydrogens is 302 g/mol. The fourth-order valence-corrected chi connectivity index (χ4v) is 2.44. The van der Waals surface area contributed by atoms with Gasteiger partial charge >= 0.3 is 0 Å². The maximum absolute atomic E-state index is 11.7. The summed E-state index contributed by atoms with van der Waals surface area (Å²) in [6.07, 6.45) is 1.02. The van der Waals surface area contributed by atoms with Gasteiger partial charge in [0.05, 0.1) is 7.11 Å². The van der Waals surface area contributed by atoms with Crippen LogP contribution in [0.5, 0.6) is 11.5 Å². The highest BCUT2D eigenvalue weighted by Gasteiger charge is 2.17. The number of phenolic OH excluding ortho intramolecular Hbond substituents is 1. The van der Waals surface area contributed by atoms with Crippen LogP contribution in [0.1, 0.15) is 11.1 Å². The molecule has 0 saturated carbocycles. The second-order valence-electron chi connectivity index (χ2n) is 5.14. The van der Waals surface area contributed by atoms with Crippen LogP contribution in [0.3, 0.4) is 0 Å². The van der Waals surface area contributed by atoms with Crippen molar-refractivity contribution in [2.24, 2.45) is 11.7 Å². The first-order valence-electron chi connectivity index (χ1n) is 6.89. The van der Waals surface area contributed by atoms with Crippen LogP contribution in [0.15, 0.2) is 42.5 Å². The summed E-state index contributed by atoms with van der Waals surface area (Å²) in [5.74, 6) is -0.246. The standard InChI is InChI=1S/C17H18ClNO3/c1-22-16-10-12(4-7-15(16)20)9-13(17(19)21)8-11-2-5-14(18)6-3-11/h2-7,10,13,20H,8-9H2,1H3,(H2,19,21). The van der Waals surface area contributed by atoms with Gasteiger partial charge in [-0.15, -0.1) is 0 Å². The van der Waals surface area contributed by atoms with Gasteiger partial charge in [-0.2, -0.15) is 0 Å². The molecule has 5 heteroatoms. The average molecular weight is 320 g/mol. The van der Waals surface area contributed by atoms with Crippen LogP contribution in [-0.2, 0) is 17.6 Å². The van der Waals surface area contributed by atoms with E-state index in [-0.39, 0.29) is 17.6 Å². The SMILES string of the molecule is COc1cc(CC(Cc2ccc(Cl)cc2)C(N)=O)ccc1O. The van der Waals surface area contributed by atoms with Crippen molar-refractivity contribution in [3.8, 4) is 11.5 Å². The van der Waals surface area contributed by atoms with E-state index in [0.29, 0.717) is 23.6 Å². The molecule has 0 aliphatic heterocycles. The number of primary amides is 1. The second-order valence-corrected chi connectivity index (χ2v) is 5.58. The monoisotopic (exact) mass is 319 g/mol. The van der Waals surface area contributed by atoms with E-state index in [0.717, 1.165) is 11.1 Å². The Bertz CT molecular complexity index is 655. The molecule has 0 fully saturated rings. The van der Waals surface area contributed by atoms with Crippen molar-refractivity contribution >= 4 is 17.5 Å². The molecule has 0 bridgehead atoms. The number of halogens is 1. The molecular formula is C17H18ClNO3. The third-order valence-corrected chi connectivity index (χ3v) is 3.78. The highest BCUT2D eigenvalue weighted by molar-refractivity contribution is 6.30. The lowest BCUT2D eigenvalue weighted by molar-refractivity contribution is -0.121. The van der Waals surface area contributed by atoms with Crippen LogP contribution in [0.25, 0.3) is 0 Å². The first kappa shape index (κ1) is 16.2. The normalized spacial score (nSPS) is 11.9. The fourth-order valence-electron chi connectivity index (χ4n) is 2.31.